The zero-order valence-electron chi connectivity index (χ0n) is 10.2. The predicted octanol–water partition coefficient (Wildman–Crippen LogP) is 2.63. The maximum atomic E-state index is 11.9. The van der Waals surface area contributed by atoms with Crippen molar-refractivity contribution in [1.29, 1.82) is 0 Å². The molecular weight excluding hydrogens is 226 g/mol. The Bertz CT molecular complexity index is 529. The molecule has 2 rings (SSSR count). The Balaban J connectivity index is 2.04. The van der Waals surface area contributed by atoms with Gasteiger partial charge in [-0.25, -0.2) is 0 Å². The topological polar surface area (TPSA) is 49.3 Å². The van der Waals surface area contributed by atoms with Gasteiger partial charge in [-0.3, -0.25) is 4.79 Å². The van der Waals surface area contributed by atoms with Crippen LogP contribution in [0.15, 0.2) is 48.5 Å². The fraction of sp³-hybridized carbons (Fsp3) is 0.133. The normalized spacial score (nSPS) is 10.1. The Morgan fingerprint density at radius 2 is 1.89 bits per heavy atom. The number of benzene rings is 2. The van der Waals surface area contributed by atoms with Gasteiger partial charge in [0.05, 0.1) is 0 Å². The number of hydrogen-bond donors (Lipinski definition) is 2. The minimum absolute atomic E-state index is 0.111. The molecule has 0 saturated heterocycles. The Labute approximate surface area is 106 Å². The van der Waals surface area contributed by atoms with Crippen LogP contribution in [0.25, 0.3) is 0 Å². The van der Waals surface area contributed by atoms with E-state index in [1.54, 1.807) is 12.1 Å². The van der Waals surface area contributed by atoms with E-state index in [1.165, 1.54) is 6.07 Å². The average molecular weight is 241 g/mol. The summed E-state index contributed by atoms with van der Waals surface area (Å²) in [5.74, 6) is -0.0716. The van der Waals surface area contributed by atoms with Crippen molar-refractivity contribution in [3.8, 4) is 5.75 Å². The van der Waals surface area contributed by atoms with Crippen molar-refractivity contribution in [3.63, 3.8) is 0 Å². The lowest BCUT2D eigenvalue weighted by Gasteiger charge is -2.06. The molecule has 0 bridgehead atoms. The van der Waals surface area contributed by atoms with E-state index >= 15 is 0 Å². The molecule has 2 N–H and O–H groups in total. The van der Waals surface area contributed by atoms with E-state index in [0.29, 0.717) is 12.1 Å². The van der Waals surface area contributed by atoms with Gasteiger partial charge < -0.3 is 10.4 Å². The van der Waals surface area contributed by atoms with Gasteiger partial charge >= 0.3 is 0 Å². The molecule has 0 saturated carbocycles. The number of nitrogens with one attached hydrogen (secondary N) is 1. The summed E-state index contributed by atoms with van der Waals surface area (Å²) in [5.41, 5.74) is 2.38. The highest BCUT2D eigenvalue weighted by Crippen LogP contribution is 2.15. The molecule has 2 aromatic rings. The minimum Gasteiger partial charge on any atom is -0.508 e. The Morgan fingerprint density at radius 1 is 1.17 bits per heavy atom. The number of aryl methyl sites for hydroxylation is 1. The van der Waals surface area contributed by atoms with Gasteiger partial charge in [-0.15, -0.1) is 0 Å². The summed E-state index contributed by atoms with van der Waals surface area (Å²) in [6.07, 6.45) is 0. The highest BCUT2D eigenvalue weighted by Gasteiger charge is 2.06. The van der Waals surface area contributed by atoms with E-state index in [-0.39, 0.29) is 11.7 Å². The maximum Gasteiger partial charge on any atom is 0.251 e. The molecule has 0 aromatic heterocycles. The van der Waals surface area contributed by atoms with Crippen LogP contribution in [-0.4, -0.2) is 11.0 Å². The van der Waals surface area contributed by atoms with E-state index in [2.05, 4.69) is 5.32 Å². The molecule has 0 aliphatic heterocycles. The Kier molecular flexibility index (Phi) is 3.63. The molecule has 1 amide bonds. The number of carbonyl (C=O) groups excluding carboxylic acids is 1. The first-order valence-corrected chi connectivity index (χ1v) is 5.78. The zero-order chi connectivity index (χ0) is 13.0. The first-order chi connectivity index (χ1) is 8.65. The highest BCUT2D eigenvalue weighted by atomic mass is 16.3. The van der Waals surface area contributed by atoms with Gasteiger partial charge in [-0.2, -0.15) is 0 Å². The van der Waals surface area contributed by atoms with Crippen molar-refractivity contribution in [2.75, 3.05) is 0 Å². The summed E-state index contributed by atoms with van der Waals surface area (Å²) in [4.78, 5) is 11.9. The zero-order valence-corrected chi connectivity index (χ0v) is 10.2. The van der Waals surface area contributed by atoms with Gasteiger partial charge in [0.2, 0.25) is 0 Å². The minimum atomic E-state index is -0.183. The molecule has 0 fully saturated rings. The second-order valence-electron chi connectivity index (χ2n) is 4.23. The molecule has 92 valence electrons. The maximum absolute atomic E-state index is 11.9. The van der Waals surface area contributed by atoms with Crippen LogP contribution in [0.5, 0.6) is 5.75 Å². The summed E-state index contributed by atoms with van der Waals surface area (Å²) < 4.78 is 0. The van der Waals surface area contributed by atoms with Crippen molar-refractivity contribution < 1.29 is 9.90 Å². The third-order valence-corrected chi connectivity index (χ3v) is 2.62. The third kappa shape index (κ3) is 3.10. The van der Waals surface area contributed by atoms with Gasteiger partial charge in [0.25, 0.3) is 5.91 Å². The van der Waals surface area contributed by atoms with Crippen molar-refractivity contribution in [3.05, 3.63) is 65.2 Å². The van der Waals surface area contributed by atoms with E-state index in [9.17, 15) is 9.90 Å². The first-order valence-electron chi connectivity index (χ1n) is 5.78. The number of aromatic hydroxyl groups is 1. The van der Waals surface area contributed by atoms with E-state index in [1.807, 2.05) is 37.3 Å². The Morgan fingerprint density at radius 3 is 2.56 bits per heavy atom. The number of carbonyl (C=O) groups is 1. The van der Waals surface area contributed by atoms with Crippen LogP contribution in [0.1, 0.15) is 21.5 Å². The molecule has 18 heavy (non-hydrogen) atoms. The lowest BCUT2D eigenvalue weighted by Crippen LogP contribution is -2.22. The average Bonchev–Trinajstić information content (AvgIpc) is 2.36. The largest absolute Gasteiger partial charge is 0.508 e. The molecule has 0 spiro atoms. The molecule has 0 atom stereocenters. The number of amides is 1. The number of phenols is 1. The van der Waals surface area contributed by atoms with Gasteiger partial charge in [0.15, 0.2) is 0 Å². The summed E-state index contributed by atoms with van der Waals surface area (Å²) in [5, 5.41) is 12.3. The van der Waals surface area contributed by atoms with Crippen molar-refractivity contribution in [2.24, 2.45) is 0 Å². The molecular formula is C15H15NO2. The fourth-order valence-electron chi connectivity index (χ4n) is 1.77. The molecule has 0 aliphatic rings. The standard InChI is InChI=1S/C15H15NO2/c1-11-7-13(9-14(17)8-11)15(18)16-10-12-5-3-2-4-6-12/h2-9,17H,10H2,1H3,(H,16,18). The van der Waals surface area contributed by atoms with Crippen molar-refractivity contribution in [1.82, 2.24) is 5.32 Å². The molecule has 0 aliphatic carbocycles. The number of phenolic OH excluding ortho intramolecular Hbond substituents is 1. The molecule has 0 unspecified atom stereocenters. The first kappa shape index (κ1) is 12.2. The van der Waals surface area contributed by atoms with Crippen molar-refractivity contribution >= 4 is 5.91 Å². The molecule has 3 nitrogen and oxygen atoms in total. The highest BCUT2D eigenvalue weighted by molar-refractivity contribution is 5.94. The predicted molar refractivity (Wildman–Crippen MR) is 70.5 cm³/mol. The summed E-state index contributed by atoms with van der Waals surface area (Å²) in [6, 6.07) is 14.5. The second-order valence-corrected chi connectivity index (χ2v) is 4.23. The second kappa shape index (κ2) is 5.36. The summed E-state index contributed by atoms with van der Waals surface area (Å²) in [7, 11) is 0. The van der Waals surface area contributed by atoms with Crippen LogP contribution in [0, 0.1) is 6.92 Å². The van der Waals surface area contributed by atoms with Gasteiger partial charge in [-0.05, 0) is 36.2 Å². The van der Waals surface area contributed by atoms with Crippen molar-refractivity contribution in [2.45, 2.75) is 13.5 Å². The SMILES string of the molecule is Cc1cc(O)cc(C(=O)NCc2ccccc2)c1. The van der Waals surface area contributed by atoms with Crippen LogP contribution < -0.4 is 5.32 Å². The van der Waals surface area contributed by atoms with Gasteiger partial charge in [0, 0.05) is 12.1 Å². The fourth-order valence-corrected chi connectivity index (χ4v) is 1.77. The molecule has 2 aromatic carbocycles. The van der Waals surface area contributed by atoms with E-state index < -0.39 is 0 Å². The van der Waals surface area contributed by atoms with Gasteiger partial charge in [-0.1, -0.05) is 30.3 Å². The van der Waals surface area contributed by atoms with Crippen LogP contribution in [-0.2, 0) is 6.54 Å². The van der Waals surface area contributed by atoms with Crippen LogP contribution in [0.2, 0.25) is 0 Å². The summed E-state index contributed by atoms with van der Waals surface area (Å²) in [6.45, 7) is 2.32. The molecule has 3 heteroatoms. The number of hydrogen-bond acceptors (Lipinski definition) is 2. The quantitative estimate of drug-likeness (QED) is 0.867. The monoisotopic (exact) mass is 241 g/mol. The van der Waals surface area contributed by atoms with E-state index in [4.69, 9.17) is 0 Å². The lowest BCUT2D eigenvalue weighted by atomic mass is 10.1. The molecule has 0 heterocycles. The van der Waals surface area contributed by atoms with E-state index in [0.717, 1.165) is 11.1 Å². The molecule has 0 radical (unpaired) electrons. The summed E-state index contributed by atoms with van der Waals surface area (Å²) >= 11 is 0. The van der Waals surface area contributed by atoms with Crippen LogP contribution in [0.3, 0.4) is 0 Å². The number of rotatable bonds is 3. The van der Waals surface area contributed by atoms with Crippen LogP contribution in [0.4, 0.5) is 0 Å². The van der Waals surface area contributed by atoms with Crippen LogP contribution >= 0.6 is 0 Å². The third-order valence-electron chi connectivity index (χ3n) is 2.62. The smallest absolute Gasteiger partial charge is 0.251 e. The van der Waals surface area contributed by atoms with Gasteiger partial charge in [0.1, 0.15) is 5.75 Å². The lowest BCUT2D eigenvalue weighted by molar-refractivity contribution is 0.0950. The Hall–Kier alpha value is -2.29.